The SMILES string of the molecule is Cc1cc(OS(=O)(=O)C(F)(F)F)cc2c1C(C)(C)N(C(=O)OC(C)(C)C)C21CCCCC1. The lowest BCUT2D eigenvalue weighted by Crippen LogP contribution is -2.54. The number of hydrogen-bond acceptors (Lipinski definition) is 5. The molecule has 3 rings (SSSR count). The number of carbonyl (C=O) groups excluding carboxylic acids is 1. The van der Waals surface area contributed by atoms with E-state index < -0.39 is 44.1 Å². The molecule has 2 aliphatic rings. The van der Waals surface area contributed by atoms with Gasteiger partial charge in [-0.25, -0.2) is 4.79 Å². The smallest absolute Gasteiger partial charge is 0.444 e. The highest BCUT2D eigenvalue weighted by atomic mass is 32.2. The van der Waals surface area contributed by atoms with E-state index in [1.807, 2.05) is 13.8 Å². The summed E-state index contributed by atoms with van der Waals surface area (Å²) in [6.45, 7) is 10.7. The van der Waals surface area contributed by atoms with E-state index in [9.17, 15) is 26.4 Å². The summed E-state index contributed by atoms with van der Waals surface area (Å²) in [5.74, 6) is -0.412. The molecule has 6 nitrogen and oxygen atoms in total. The highest BCUT2D eigenvalue weighted by Gasteiger charge is 2.58. The molecule has 0 N–H and O–H groups in total. The first-order chi connectivity index (χ1) is 14.4. The number of carbonyl (C=O) groups is 1. The average molecular weight is 478 g/mol. The monoisotopic (exact) mass is 477 g/mol. The standard InChI is InChI=1S/C22H30F3NO5S/c1-14-12-15(31-32(28,29)22(23,24)25)13-16-17(14)20(5,6)26(18(27)30-19(2,3)4)21(16)10-8-7-9-11-21/h12-13H,7-11H2,1-6H3. The van der Waals surface area contributed by atoms with Gasteiger partial charge in [-0.3, -0.25) is 4.90 Å². The van der Waals surface area contributed by atoms with Crippen molar-refractivity contribution in [2.24, 2.45) is 0 Å². The Kier molecular flexibility index (Phi) is 5.81. The van der Waals surface area contributed by atoms with Crippen LogP contribution < -0.4 is 4.18 Å². The highest BCUT2D eigenvalue weighted by molar-refractivity contribution is 7.88. The van der Waals surface area contributed by atoms with Crippen LogP contribution in [-0.4, -0.2) is 30.5 Å². The van der Waals surface area contributed by atoms with E-state index in [-0.39, 0.29) is 0 Å². The third-order valence-corrected chi connectivity index (χ3v) is 7.13. The number of fused-ring (bicyclic) bond motifs is 2. The molecule has 1 spiro atoms. The molecule has 1 saturated carbocycles. The molecule has 0 unspecified atom stereocenters. The molecule has 1 amide bonds. The van der Waals surface area contributed by atoms with Crippen molar-refractivity contribution in [3.63, 3.8) is 0 Å². The molecule has 1 heterocycles. The van der Waals surface area contributed by atoms with Gasteiger partial charge in [0.15, 0.2) is 0 Å². The first kappa shape index (κ1) is 24.7. The van der Waals surface area contributed by atoms with E-state index >= 15 is 0 Å². The Morgan fingerprint density at radius 1 is 1.06 bits per heavy atom. The maximum atomic E-state index is 13.4. The van der Waals surface area contributed by atoms with E-state index in [4.69, 9.17) is 4.74 Å². The van der Waals surface area contributed by atoms with Gasteiger partial charge < -0.3 is 8.92 Å². The van der Waals surface area contributed by atoms with Crippen LogP contribution in [0.1, 0.15) is 83.4 Å². The van der Waals surface area contributed by atoms with Gasteiger partial charge in [-0.2, -0.15) is 21.6 Å². The van der Waals surface area contributed by atoms with Crippen LogP contribution in [0.4, 0.5) is 18.0 Å². The first-order valence-electron chi connectivity index (χ1n) is 10.6. The first-order valence-corrected chi connectivity index (χ1v) is 12.0. The zero-order chi connectivity index (χ0) is 24.3. The van der Waals surface area contributed by atoms with Crippen LogP contribution in [0.15, 0.2) is 12.1 Å². The second-order valence-electron chi connectivity index (χ2n) is 10.1. The number of aryl methyl sites for hydroxylation is 1. The largest absolute Gasteiger partial charge is 0.534 e. The Balaban J connectivity index is 2.19. The topological polar surface area (TPSA) is 72.9 Å². The second kappa shape index (κ2) is 7.53. The Bertz CT molecular complexity index is 1020. The number of alkyl halides is 3. The van der Waals surface area contributed by atoms with Crippen LogP contribution >= 0.6 is 0 Å². The van der Waals surface area contributed by atoms with Crippen LogP contribution in [0.3, 0.4) is 0 Å². The molecule has 0 atom stereocenters. The minimum Gasteiger partial charge on any atom is -0.444 e. The Morgan fingerprint density at radius 2 is 1.62 bits per heavy atom. The van der Waals surface area contributed by atoms with Gasteiger partial charge in [0.05, 0.1) is 11.1 Å². The maximum absolute atomic E-state index is 13.4. The van der Waals surface area contributed by atoms with Crippen molar-refractivity contribution < 1.29 is 35.3 Å². The lowest BCUT2D eigenvalue weighted by Gasteiger charge is -2.47. The van der Waals surface area contributed by atoms with Crippen LogP contribution in [0.2, 0.25) is 0 Å². The number of benzene rings is 1. The molecule has 32 heavy (non-hydrogen) atoms. The number of ether oxygens (including phenoxy) is 1. The van der Waals surface area contributed by atoms with E-state index in [1.54, 1.807) is 32.6 Å². The molecular weight excluding hydrogens is 447 g/mol. The lowest BCUT2D eigenvalue weighted by atomic mass is 9.76. The number of hydrogen-bond donors (Lipinski definition) is 0. The summed E-state index contributed by atoms with van der Waals surface area (Å²) < 4.78 is 72.2. The zero-order valence-corrected chi connectivity index (χ0v) is 20.0. The quantitative estimate of drug-likeness (QED) is 0.394. The molecule has 0 bridgehead atoms. The van der Waals surface area contributed by atoms with Crippen molar-refractivity contribution in [2.75, 3.05) is 0 Å². The molecule has 0 aromatic heterocycles. The van der Waals surface area contributed by atoms with Crippen molar-refractivity contribution in [3.05, 3.63) is 28.8 Å². The van der Waals surface area contributed by atoms with Crippen LogP contribution in [0.25, 0.3) is 0 Å². The molecule has 1 aliphatic carbocycles. The van der Waals surface area contributed by atoms with Crippen LogP contribution in [0, 0.1) is 6.92 Å². The van der Waals surface area contributed by atoms with Crippen molar-refractivity contribution in [3.8, 4) is 5.75 Å². The maximum Gasteiger partial charge on any atom is 0.534 e. The summed E-state index contributed by atoms with van der Waals surface area (Å²) >= 11 is 0. The zero-order valence-electron chi connectivity index (χ0n) is 19.2. The van der Waals surface area contributed by atoms with Gasteiger partial charge in [-0.1, -0.05) is 19.3 Å². The van der Waals surface area contributed by atoms with E-state index in [0.29, 0.717) is 24.0 Å². The predicted octanol–water partition coefficient (Wildman–Crippen LogP) is 5.87. The molecule has 1 fully saturated rings. The molecule has 180 valence electrons. The fourth-order valence-corrected chi connectivity index (χ4v) is 5.71. The summed E-state index contributed by atoms with van der Waals surface area (Å²) in [5, 5.41) is 0. The Hall–Kier alpha value is -1.97. The van der Waals surface area contributed by atoms with Gasteiger partial charge in [0.2, 0.25) is 0 Å². The minimum atomic E-state index is -5.82. The van der Waals surface area contributed by atoms with Crippen LogP contribution in [-0.2, 0) is 25.9 Å². The summed E-state index contributed by atoms with van der Waals surface area (Å²) in [6.07, 6.45) is 3.29. The fourth-order valence-electron chi connectivity index (χ4n) is 5.26. The Labute approximate surface area is 187 Å². The van der Waals surface area contributed by atoms with Gasteiger partial charge in [0.25, 0.3) is 0 Å². The third kappa shape index (κ3) is 4.06. The number of rotatable bonds is 2. The number of amides is 1. The van der Waals surface area contributed by atoms with Gasteiger partial charge in [0.1, 0.15) is 11.4 Å². The summed E-state index contributed by atoms with van der Waals surface area (Å²) in [4.78, 5) is 15.1. The molecule has 1 aromatic rings. The predicted molar refractivity (Wildman–Crippen MR) is 113 cm³/mol. The van der Waals surface area contributed by atoms with Crippen LogP contribution in [0.5, 0.6) is 5.75 Å². The van der Waals surface area contributed by atoms with E-state index in [0.717, 1.165) is 24.8 Å². The summed E-state index contributed by atoms with van der Waals surface area (Å²) in [6, 6.07) is 2.63. The van der Waals surface area contributed by atoms with Gasteiger partial charge in [0, 0.05) is 0 Å². The lowest BCUT2D eigenvalue weighted by molar-refractivity contribution is -0.0500. The summed E-state index contributed by atoms with van der Waals surface area (Å²) in [7, 11) is -5.82. The number of halogens is 3. The van der Waals surface area contributed by atoms with E-state index in [2.05, 4.69) is 4.18 Å². The van der Waals surface area contributed by atoms with Gasteiger partial charge in [-0.15, -0.1) is 0 Å². The molecule has 0 radical (unpaired) electrons. The van der Waals surface area contributed by atoms with Crippen molar-refractivity contribution in [2.45, 2.75) is 95.8 Å². The van der Waals surface area contributed by atoms with Gasteiger partial charge in [-0.05, 0) is 83.2 Å². The van der Waals surface area contributed by atoms with E-state index in [1.165, 1.54) is 12.1 Å². The molecule has 1 aromatic carbocycles. The van der Waals surface area contributed by atoms with Crippen molar-refractivity contribution in [1.82, 2.24) is 4.90 Å². The van der Waals surface area contributed by atoms with Crippen molar-refractivity contribution >= 4 is 16.2 Å². The molecule has 10 heteroatoms. The summed E-state index contributed by atoms with van der Waals surface area (Å²) in [5.41, 5.74) is -5.95. The highest BCUT2D eigenvalue weighted by Crippen LogP contribution is 2.58. The molecular formula is C22H30F3NO5S. The minimum absolute atomic E-state index is 0.412. The molecule has 1 aliphatic heterocycles. The number of nitrogens with zero attached hydrogens (tertiary/aromatic N) is 1. The normalized spacial score (nSPS) is 20.2. The van der Waals surface area contributed by atoms with Crippen molar-refractivity contribution in [1.29, 1.82) is 0 Å². The van der Waals surface area contributed by atoms with Gasteiger partial charge >= 0.3 is 21.7 Å². The molecule has 0 saturated heterocycles. The fraction of sp³-hybridized carbons (Fsp3) is 0.682. The Morgan fingerprint density at radius 3 is 2.12 bits per heavy atom. The second-order valence-corrected chi connectivity index (χ2v) is 11.7. The third-order valence-electron chi connectivity index (χ3n) is 6.16. The average Bonchev–Trinajstić information content (AvgIpc) is 2.76.